The van der Waals surface area contributed by atoms with Crippen molar-refractivity contribution in [3.63, 3.8) is 0 Å². The van der Waals surface area contributed by atoms with Crippen molar-refractivity contribution in [3.8, 4) is 0 Å². The lowest BCUT2D eigenvalue weighted by Crippen LogP contribution is -2.23. The normalized spacial score (nSPS) is 13.7. The molecule has 0 aliphatic rings. The predicted octanol–water partition coefficient (Wildman–Crippen LogP) is 2.91. The van der Waals surface area contributed by atoms with Crippen molar-refractivity contribution in [1.82, 2.24) is 15.1 Å². The molecule has 1 rings (SSSR count). The van der Waals surface area contributed by atoms with Crippen LogP contribution in [0.5, 0.6) is 0 Å². The van der Waals surface area contributed by atoms with Crippen molar-refractivity contribution in [3.05, 3.63) is 18.0 Å². The molecule has 0 radical (unpaired) electrons. The molecule has 1 atom stereocenters. The number of hydrogen-bond acceptors (Lipinski definition) is 3. The number of halogens is 3. The minimum atomic E-state index is -4.26. The van der Waals surface area contributed by atoms with Crippen LogP contribution in [-0.4, -0.2) is 35.7 Å². The van der Waals surface area contributed by atoms with Crippen molar-refractivity contribution in [2.75, 3.05) is 19.8 Å². The van der Waals surface area contributed by atoms with E-state index < -0.39 is 12.8 Å². The average molecular weight is 293 g/mol. The van der Waals surface area contributed by atoms with Crippen LogP contribution in [0.4, 0.5) is 13.2 Å². The molecule has 0 saturated carbocycles. The highest BCUT2D eigenvalue weighted by molar-refractivity contribution is 5.10. The van der Waals surface area contributed by atoms with E-state index in [4.69, 9.17) is 0 Å². The second-order valence-electron chi connectivity index (χ2n) is 4.60. The van der Waals surface area contributed by atoms with Crippen molar-refractivity contribution in [1.29, 1.82) is 0 Å². The van der Waals surface area contributed by atoms with Crippen LogP contribution in [0.25, 0.3) is 0 Å². The van der Waals surface area contributed by atoms with E-state index in [0.29, 0.717) is 6.42 Å². The number of nitrogens with zero attached hydrogens (tertiary/aromatic N) is 2. The van der Waals surface area contributed by atoms with Crippen LogP contribution in [0.2, 0.25) is 0 Å². The number of aromatic nitrogens is 2. The van der Waals surface area contributed by atoms with E-state index in [9.17, 15) is 13.2 Å². The standard InChI is InChI=1S/C13H22F3N3O/c1-3-6-19-9-11(8-18-19)12(17-4-2)5-7-20-10-13(14,15)16/h8-9,12,17H,3-7,10H2,1-2H3. The van der Waals surface area contributed by atoms with Crippen LogP contribution in [0.15, 0.2) is 12.4 Å². The van der Waals surface area contributed by atoms with Crippen molar-refractivity contribution in [2.24, 2.45) is 0 Å². The van der Waals surface area contributed by atoms with Gasteiger partial charge in [0, 0.05) is 31.0 Å². The summed E-state index contributed by atoms with van der Waals surface area (Å²) in [5.74, 6) is 0. The Morgan fingerprint density at radius 2 is 2.15 bits per heavy atom. The van der Waals surface area contributed by atoms with Gasteiger partial charge in [-0.3, -0.25) is 4.68 Å². The molecule has 20 heavy (non-hydrogen) atoms. The summed E-state index contributed by atoms with van der Waals surface area (Å²) < 4.78 is 42.5. The molecule has 0 amide bonds. The zero-order chi connectivity index (χ0) is 15.0. The first-order valence-electron chi connectivity index (χ1n) is 6.86. The first-order chi connectivity index (χ1) is 9.46. The van der Waals surface area contributed by atoms with Crippen molar-refractivity contribution >= 4 is 0 Å². The number of hydrogen-bond donors (Lipinski definition) is 1. The fourth-order valence-electron chi connectivity index (χ4n) is 1.93. The maximum atomic E-state index is 12.0. The molecule has 7 heteroatoms. The Kier molecular flexibility index (Phi) is 7.01. The Balaban J connectivity index is 2.46. The maximum Gasteiger partial charge on any atom is 0.411 e. The fourth-order valence-corrected chi connectivity index (χ4v) is 1.93. The van der Waals surface area contributed by atoms with Gasteiger partial charge in [-0.2, -0.15) is 18.3 Å². The summed E-state index contributed by atoms with van der Waals surface area (Å²) in [6, 6.07) is -0.0289. The number of ether oxygens (including phenoxy) is 1. The highest BCUT2D eigenvalue weighted by Gasteiger charge is 2.27. The summed E-state index contributed by atoms with van der Waals surface area (Å²) in [4.78, 5) is 0. The molecule has 116 valence electrons. The van der Waals surface area contributed by atoms with Gasteiger partial charge >= 0.3 is 6.18 Å². The van der Waals surface area contributed by atoms with Crippen molar-refractivity contribution < 1.29 is 17.9 Å². The van der Waals surface area contributed by atoms with E-state index in [1.807, 2.05) is 17.8 Å². The molecular weight excluding hydrogens is 271 g/mol. The first kappa shape index (κ1) is 17.0. The highest BCUT2D eigenvalue weighted by atomic mass is 19.4. The molecule has 1 aromatic heterocycles. The molecule has 1 heterocycles. The zero-order valence-corrected chi connectivity index (χ0v) is 11.9. The summed E-state index contributed by atoms with van der Waals surface area (Å²) in [5.41, 5.74) is 0.982. The Morgan fingerprint density at radius 3 is 2.75 bits per heavy atom. The molecule has 0 aliphatic carbocycles. The van der Waals surface area contributed by atoms with Gasteiger partial charge in [0.15, 0.2) is 0 Å². The van der Waals surface area contributed by atoms with Crippen LogP contribution >= 0.6 is 0 Å². The van der Waals surface area contributed by atoms with E-state index >= 15 is 0 Å². The van der Waals surface area contributed by atoms with Gasteiger partial charge in [-0.25, -0.2) is 0 Å². The van der Waals surface area contributed by atoms with Gasteiger partial charge in [-0.1, -0.05) is 13.8 Å². The predicted molar refractivity (Wildman–Crippen MR) is 70.4 cm³/mol. The summed E-state index contributed by atoms with van der Waals surface area (Å²) >= 11 is 0. The van der Waals surface area contributed by atoms with E-state index in [0.717, 1.165) is 25.1 Å². The van der Waals surface area contributed by atoms with Gasteiger partial charge in [-0.05, 0) is 19.4 Å². The SMILES string of the molecule is CCCn1cc(C(CCOCC(F)(F)F)NCC)cn1. The molecule has 4 nitrogen and oxygen atoms in total. The molecule has 1 unspecified atom stereocenters. The third-order valence-electron chi connectivity index (χ3n) is 2.78. The Bertz CT molecular complexity index is 379. The monoisotopic (exact) mass is 293 g/mol. The van der Waals surface area contributed by atoms with Gasteiger partial charge in [0.25, 0.3) is 0 Å². The largest absolute Gasteiger partial charge is 0.411 e. The lowest BCUT2D eigenvalue weighted by atomic mass is 10.1. The molecule has 0 aromatic carbocycles. The Labute approximate surface area is 117 Å². The second-order valence-corrected chi connectivity index (χ2v) is 4.60. The van der Waals surface area contributed by atoms with E-state index in [2.05, 4.69) is 22.1 Å². The highest BCUT2D eigenvalue weighted by Crippen LogP contribution is 2.18. The fraction of sp³-hybridized carbons (Fsp3) is 0.769. The average Bonchev–Trinajstić information content (AvgIpc) is 2.81. The lowest BCUT2D eigenvalue weighted by molar-refractivity contribution is -0.174. The molecule has 0 fully saturated rings. The van der Waals surface area contributed by atoms with Gasteiger partial charge < -0.3 is 10.1 Å². The maximum absolute atomic E-state index is 12.0. The molecule has 0 spiro atoms. The molecular formula is C13H22F3N3O. The summed E-state index contributed by atoms with van der Waals surface area (Å²) in [7, 11) is 0. The number of alkyl halides is 3. The third-order valence-corrected chi connectivity index (χ3v) is 2.78. The number of aryl methyl sites for hydroxylation is 1. The molecule has 0 bridgehead atoms. The van der Waals surface area contributed by atoms with E-state index in [1.54, 1.807) is 6.20 Å². The summed E-state index contributed by atoms with van der Waals surface area (Å²) in [6.07, 6.45) is 0.899. The molecule has 1 aromatic rings. The summed E-state index contributed by atoms with van der Waals surface area (Å²) in [6.45, 7) is 4.47. The van der Waals surface area contributed by atoms with E-state index in [-0.39, 0.29) is 12.6 Å². The van der Waals surface area contributed by atoms with Gasteiger partial charge in [-0.15, -0.1) is 0 Å². The minimum Gasteiger partial charge on any atom is -0.372 e. The van der Waals surface area contributed by atoms with Gasteiger partial charge in [0.05, 0.1) is 6.20 Å². The molecule has 1 N–H and O–H groups in total. The molecule has 0 aliphatic heterocycles. The van der Waals surface area contributed by atoms with Crippen LogP contribution in [0.1, 0.15) is 38.3 Å². The Morgan fingerprint density at radius 1 is 1.40 bits per heavy atom. The smallest absolute Gasteiger partial charge is 0.372 e. The Hall–Kier alpha value is -1.08. The van der Waals surface area contributed by atoms with Crippen LogP contribution in [-0.2, 0) is 11.3 Å². The quantitative estimate of drug-likeness (QED) is 0.712. The van der Waals surface area contributed by atoms with Gasteiger partial charge in [0.2, 0.25) is 0 Å². The van der Waals surface area contributed by atoms with E-state index in [1.165, 1.54) is 0 Å². The number of nitrogens with one attached hydrogen (secondary N) is 1. The topological polar surface area (TPSA) is 39.1 Å². The zero-order valence-electron chi connectivity index (χ0n) is 11.9. The second kappa shape index (κ2) is 8.26. The molecule has 0 saturated heterocycles. The van der Waals surface area contributed by atoms with Crippen molar-refractivity contribution in [2.45, 2.75) is 45.5 Å². The number of rotatable bonds is 9. The lowest BCUT2D eigenvalue weighted by Gasteiger charge is -2.16. The van der Waals surface area contributed by atoms with Crippen LogP contribution in [0.3, 0.4) is 0 Å². The van der Waals surface area contributed by atoms with Gasteiger partial charge in [0.1, 0.15) is 6.61 Å². The van der Waals surface area contributed by atoms with Crippen LogP contribution < -0.4 is 5.32 Å². The summed E-state index contributed by atoms with van der Waals surface area (Å²) in [5, 5.41) is 7.47. The van der Waals surface area contributed by atoms with Crippen LogP contribution in [0, 0.1) is 0 Å². The third kappa shape index (κ3) is 6.38. The minimum absolute atomic E-state index is 0.0289. The first-order valence-corrected chi connectivity index (χ1v) is 6.86.